The molecule has 0 aromatic rings. The van der Waals surface area contributed by atoms with Gasteiger partial charge in [0.15, 0.2) is 6.29 Å². The first kappa shape index (κ1) is 11.6. The van der Waals surface area contributed by atoms with E-state index >= 15 is 0 Å². The molecule has 0 aromatic heterocycles. The summed E-state index contributed by atoms with van der Waals surface area (Å²) in [4.78, 5) is 9.75. The van der Waals surface area contributed by atoms with Crippen LogP contribution in [0.2, 0.25) is 0 Å². The molecule has 0 saturated heterocycles. The maximum Gasteiger partial charge on any atom is 0.267 e. The molecule has 12 heavy (non-hydrogen) atoms. The van der Waals surface area contributed by atoms with E-state index in [1.54, 1.807) is 13.2 Å². The molecule has 0 aliphatic rings. The van der Waals surface area contributed by atoms with Crippen LogP contribution in [0.25, 0.3) is 0 Å². The number of unbranched alkanes of at least 4 members (excludes halogenated alkanes) is 2. The summed E-state index contributed by atoms with van der Waals surface area (Å²) in [5.41, 5.74) is 0. The van der Waals surface area contributed by atoms with E-state index in [1.165, 1.54) is 0 Å². The summed E-state index contributed by atoms with van der Waals surface area (Å²) in [6.07, 6.45) is 3.00. The second kappa shape index (κ2) is 6.14. The normalized spacial score (nSPS) is 11.4. The van der Waals surface area contributed by atoms with E-state index in [0.29, 0.717) is 19.3 Å². The summed E-state index contributed by atoms with van der Waals surface area (Å²) in [5.74, 6) is -0.0114. The van der Waals surface area contributed by atoms with Crippen LogP contribution >= 0.6 is 0 Å². The standard InChI is InChI=1S/C7H13O4S/c1-2-11-12(9,10)7-5-3-4-6-8/h2-5,7H2,1H3. The van der Waals surface area contributed by atoms with Gasteiger partial charge in [0.25, 0.3) is 10.1 Å². The summed E-state index contributed by atoms with van der Waals surface area (Å²) in [6.45, 7) is 1.79. The Hall–Kier alpha value is -0.420. The Morgan fingerprint density at radius 1 is 1.33 bits per heavy atom. The molecule has 4 nitrogen and oxygen atoms in total. The Kier molecular flexibility index (Phi) is 5.92. The highest BCUT2D eigenvalue weighted by Gasteiger charge is 2.08. The molecule has 5 heteroatoms. The zero-order valence-electron chi connectivity index (χ0n) is 7.08. The SMILES string of the molecule is CCOS(=O)(=O)CCCC[C]=O. The van der Waals surface area contributed by atoms with Gasteiger partial charge in [-0.2, -0.15) is 8.42 Å². The van der Waals surface area contributed by atoms with Crippen molar-refractivity contribution in [3.8, 4) is 0 Å². The molecule has 0 unspecified atom stereocenters. The Bertz CT molecular complexity index is 207. The largest absolute Gasteiger partial charge is 0.291 e. The van der Waals surface area contributed by atoms with Crippen LogP contribution in [-0.2, 0) is 19.1 Å². The molecule has 0 saturated carbocycles. The van der Waals surface area contributed by atoms with Crippen LogP contribution in [0, 0.1) is 0 Å². The fraction of sp³-hybridized carbons (Fsp3) is 0.857. The molecular weight excluding hydrogens is 180 g/mol. The first-order valence-electron chi connectivity index (χ1n) is 3.84. The first-order chi connectivity index (χ1) is 5.62. The van der Waals surface area contributed by atoms with Crippen molar-refractivity contribution < 1.29 is 17.4 Å². The molecule has 0 aliphatic carbocycles. The van der Waals surface area contributed by atoms with E-state index in [1.807, 2.05) is 0 Å². The van der Waals surface area contributed by atoms with Crippen LogP contribution in [0.15, 0.2) is 0 Å². The summed E-state index contributed by atoms with van der Waals surface area (Å²) < 4.78 is 26.2. The van der Waals surface area contributed by atoms with Crippen LogP contribution in [0.3, 0.4) is 0 Å². The molecule has 0 fully saturated rings. The smallest absolute Gasteiger partial charge is 0.267 e. The minimum atomic E-state index is -3.34. The number of carbonyl (C=O) groups excluding carboxylic acids is 1. The Morgan fingerprint density at radius 2 is 2.00 bits per heavy atom. The number of hydrogen-bond donors (Lipinski definition) is 0. The first-order valence-corrected chi connectivity index (χ1v) is 5.42. The second-order valence-corrected chi connectivity index (χ2v) is 4.03. The van der Waals surface area contributed by atoms with E-state index in [4.69, 9.17) is 0 Å². The van der Waals surface area contributed by atoms with E-state index in [0.717, 1.165) is 0 Å². The Labute approximate surface area is 73.0 Å². The van der Waals surface area contributed by atoms with E-state index < -0.39 is 10.1 Å². The van der Waals surface area contributed by atoms with Gasteiger partial charge in [0.05, 0.1) is 12.4 Å². The van der Waals surface area contributed by atoms with E-state index in [9.17, 15) is 13.2 Å². The average molecular weight is 193 g/mol. The van der Waals surface area contributed by atoms with Crippen LogP contribution in [0.1, 0.15) is 26.2 Å². The third-order valence-corrected chi connectivity index (χ3v) is 2.60. The van der Waals surface area contributed by atoms with Crippen molar-refractivity contribution in [3.63, 3.8) is 0 Å². The van der Waals surface area contributed by atoms with Gasteiger partial charge in [-0.1, -0.05) is 0 Å². The predicted molar refractivity (Wildman–Crippen MR) is 45.0 cm³/mol. The number of hydrogen-bond acceptors (Lipinski definition) is 4. The van der Waals surface area contributed by atoms with Crippen molar-refractivity contribution in [1.82, 2.24) is 0 Å². The van der Waals surface area contributed by atoms with E-state index in [-0.39, 0.29) is 12.4 Å². The van der Waals surface area contributed by atoms with Crippen molar-refractivity contribution in [3.05, 3.63) is 0 Å². The minimum absolute atomic E-state index is 0.0114. The van der Waals surface area contributed by atoms with Crippen LogP contribution in [0.4, 0.5) is 0 Å². The van der Waals surface area contributed by atoms with Crippen molar-refractivity contribution >= 4 is 16.4 Å². The molecule has 0 N–H and O–H groups in total. The maximum atomic E-state index is 10.9. The molecule has 0 aromatic carbocycles. The van der Waals surface area contributed by atoms with Gasteiger partial charge < -0.3 is 0 Å². The van der Waals surface area contributed by atoms with Gasteiger partial charge >= 0.3 is 0 Å². The maximum absolute atomic E-state index is 10.9. The molecular formula is C7H13O4S. The molecule has 0 spiro atoms. The third kappa shape index (κ3) is 6.30. The highest BCUT2D eigenvalue weighted by atomic mass is 32.2. The van der Waals surface area contributed by atoms with Crippen molar-refractivity contribution in [2.45, 2.75) is 26.2 Å². The fourth-order valence-corrected chi connectivity index (χ4v) is 1.75. The summed E-state index contributed by atoms with van der Waals surface area (Å²) in [7, 11) is -3.34. The highest BCUT2D eigenvalue weighted by Crippen LogP contribution is 2.00. The zero-order chi connectivity index (χ0) is 9.45. The molecule has 71 valence electrons. The van der Waals surface area contributed by atoms with Crippen LogP contribution in [-0.4, -0.2) is 27.1 Å². The monoisotopic (exact) mass is 193 g/mol. The highest BCUT2D eigenvalue weighted by molar-refractivity contribution is 7.86. The average Bonchev–Trinajstić information content (AvgIpc) is 1.98. The molecule has 0 bridgehead atoms. The topological polar surface area (TPSA) is 60.4 Å². The molecule has 0 aliphatic heterocycles. The van der Waals surface area contributed by atoms with Gasteiger partial charge in [-0.3, -0.25) is 8.98 Å². The fourth-order valence-electron chi connectivity index (χ4n) is 0.714. The summed E-state index contributed by atoms with van der Waals surface area (Å²) in [5, 5.41) is 0. The molecule has 1 radical (unpaired) electrons. The lowest BCUT2D eigenvalue weighted by Gasteiger charge is -2.00. The van der Waals surface area contributed by atoms with Crippen molar-refractivity contribution in [2.24, 2.45) is 0 Å². The van der Waals surface area contributed by atoms with Gasteiger partial charge in [-0.25, -0.2) is 0 Å². The van der Waals surface area contributed by atoms with E-state index in [2.05, 4.69) is 4.18 Å². The lowest BCUT2D eigenvalue weighted by molar-refractivity contribution is 0.337. The molecule has 0 amide bonds. The predicted octanol–water partition coefficient (Wildman–Crippen LogP) is 0.633. The van der Waals surface area contributed by atoms with Gasteiger partial charge in [0, 0.05) is 6.42 Å². The van der Waals surface area contributed by atoms with Gasteiger partial charge in [0.2, 0.25) is 0 Å². The lowest BCUT2D eigenvalue weighted by atomic mass is 10.3. The molecule has 0 rings (SSSR count). The Morgan fingerprint density at radius 3 is 2.50 bits per heavy atom. The lowest BCUT2D eigenvalue weighted by Crippen LogP contribution is -2.10. The second-order valence-electron chi connectivity index (χ2n) is 2.27. The summed E-state index contributed by atoms with van der Waals surface area (Å²) in [6, 6.07) is 0. The molecule has 0 heterocycles. The van der Waals surface area contributed by atoms with Gasteiger partial charge in [0.1, 0.15) is 0 Å². The quantitative estimate of drug-likeness (QED) is 0.439. The van der Waals surface area contributed by atoms with Crippen LogP contribution < -0.4 is 0 Å². The van der Waals surface area contributed by atoms with Gasteiger partial charge in [-0.05, 0) is 19.8 Å². The van der Waals surface area contributed by atoms with Crippen molar-refractivity contribution in [1.29, 1.82) is 0 Å². The zero-order valence-corrected chi connectivity index (χ0v) is 7.89. The third-order valence-electron chi connectivity index (χ3n) is 1.22. The Balaban J connectivity index is 3.54. The molecule has 0 atom stereocenters. The number of rotatable bonds is 7. The summed E-state index contributed by atoms with van der Waals surface area (Å²) >= 11 is 0. The van der Waals surface area contributed by atoms with Gasteiger partial charge in [-0.15, -0.1) is 0 Å². The van der Waals surface area contributed by atoms with Crippen LogP contribution in [0.5, 0.6) is 0 Å². The van der Waals surface area contributed by atoms with Crippen molar-refractivity contribution in [2.75, 3.05) is 12.4 Å². The minimum Gasteiger partial charge on any atom is -0.291 e.